The number of aromatic nitrogens is 4. The molecule has 0 atom stereocenters. The SMILES string of the molecule is CCOc1c(Nc2cc(NC(=O)C3CC3)nn3ccnc23)cccc1-c1ccc2c(c1)C1(CC1)CN(Cc1cccc(C(=O)N(C)C)n1)C2=O. The minimum Gasteiger partial charge on any atom is -0.491 e. The van der Waals surface area contributed by atoms with Gasteiger partial charge in [-0.15, -0.1) is 5.10 Å². The summed E-state index contributed by atoms with van der Waals surface area (Å²) in [5, 5.41) is 11.0. The number of para-hydroxylation sites is 1. The Morgan fingerprint density at radius 1 is 1.02 bits per heavy atom. The second-order valence-electron chi connectivity index (χ2n) is 13.6. The van der Waals surface area contributed by atoms with Crippen molar-refractivity contribution in [2.45, 2.75) is 44.6 Å². The highest BCUT2D eigenvalue weighted by Gasteiger charge is 2.51. The minimum atomic E-state index is -0.170. The van der Waals surface area contributed by atoms with Crippen LogP contribution in [-0.4, -0.2) is 74.4 Å². The Labute approximate surface area is 289 Å². The van der Waals surface area contributed by atoms with Crippen LogP contribution in [-0.2, 0) is 16.8 Å². The molecule has 254 valence electrons. The first-order chi connectivity index (χ1) is 24.2. The molecule has 2 aromatic carbocycles. The number of carbonyl (C=O) groups is 3. The van der Waals surface area contributed by atoms with Crippen molar-refractivity contribution in [2.75, 3.05) is 37.9 Å². The fourth-order valence-electron chi connectivity index (χ4n) is 6.80. The van der Waals surface area contributed by atoms with Gasteiger partial charge in [-0.05, 0) is 74.1 Å². The Morgan fingerprint density at radius 2 is 1.84 bits per heavy atom. The zero-order chi connectivity index (χ0) is 34.6. The molecule has 1 spiro atoms. The van der Waals surface area contributed by atoms with E-state index in [1.807, 2.05) is 54.3 Å². The molecule has 4 heterocycles. The van der Waals surface area contributed by atoms with E-state index in [1.165, 1.54) is 4.90 Å². The van der Waals surface area contributed by atoms with Crippen LogP contribution < -0.4 is 15.4 Å². The predicted molar refractivity (Wildman–Crippen MR) is 189 cm³/mol. The number of hydrogen-bond acceptors (Lipinski definition) is 8. The van der Waals surface area contributed by atoms with Crippen LogP contribution in [0.3, 0.4) is 0 Å². The summed E-state index contributed by atoms with van der Waals surface area (Å²) in [7, 11) is 3.40. The number of pyridine rings is 1. The first kappa shape index (κ1) is 31.5. The molecular weight excluding hydrogens is 632 g/mol. The summed E-state index contributed by atoms with van der Waals surface area (Å²) >= 11 is 0. The van der Waals surface area contributed by atoms with Crippen LogP contribution in [0.2, 0.25) is 0 Å². The molecule has 2 saturated carbocycles. The molecular formula is C38H38N8O4. The zero-order valence-corrected chi connectivity index (χ0v) is 28.3. The lowest BCUT2D eigenvalue weighted by atomic mass is 9.84. The molecule has 50 heavy (non-hydrogen) atoms. The Kier molecular flexibility index (Phi) is 7.73. The summed E-state index contributed by atoms with van der Waals surface area (Å²) in [6, 6.07) is 19.2. The maximum Gasteiger partial charge on any atom is 0.271 e. The van der Waals surface area contributed by atoms with Gasteiger partial charge in [0.1, 0.15) is 5.69 Å². The standard InChI is InChI=1S/C38H38N8O4/c1-4-50-33-26(8-6-9-29(33)41-31-20-32(42-35(47)23-11-12-23)43-46-18-17-39-34(31)46)24-13-14-27-28(19-24)38(15-16-38)22-45(36(27)48)21-25-7-5-10-30(40-25)37(49)44(2)3/h5-10,13-14,17-20,23,41H,4,11-12,15-16,21-22H2,1-3H3,(H,42,43,47). The maximum atomic E-state index is 13.9. The van der Waals surface area contributed by atoms with Crippen LogP contribution in [0.25, 0.3) is 16.8 Å². The second kappa shape index (κ2) is 12.3. The largest absolute Gasteiger partial charge is 0.491 e. The Morgan fingerprint density at radius 3 is 2.60 bits per heavy atom. The maximum absolute atomic E-state index is 13.9. The topological polar surface area (TPSA) is 134 Å². The van der Waals surface area contributed by atoms with Gasteiger partial charge < -0.3 is 25.2 Å². The van der Waals surface area contributed by atoms with E-state index in [1.54, 1.807) is 43.1 Å². The molecule has 3 aromatic heterocycles. The van der Waals surface area contributed by atoms with Crippen molar-refractivity contribution in [2.24, 2.45) is 5.92 Å². The van der Waals surface area contributed by atoms with E-state index in [0.29, 0.717) is 59.5 Å². The predicted octanol–water partition coefficient (Wildman–Crippen LogP) is 5.67. The van der Waals surface area contributed by atoms with Crippen molar-refractivity contribution >= 4 is 40.6 Å². The third-order valence-electron chi connectivity index (χ3n) is 9.68. The van der Waals surface area contributed by atoms with E-state index in [0.717, 1.165) is 48.1 Å². The van der Waals surface area contributed by atoms with Gasteiger partial charge in [0.15, 0.2) is 17.2 Å². The summed E-state index contributed by atoms with van der Waals surface area (Å²) in [6.07, 6.45) is 7.19. The average molecular weight is 671 g/mol. The highest BCUT2D eigenvalue weighted by Crippen LogP contribution is 2.53. The molecule has 1 aliphatic heterocycles. The molecule has 5 aromatic rings. The van der Waals surface area contributed by atoms with E-state index in [2.05, 4.69) is 31.8 Å². The van der Waals surface area contributed by atoms with E-state index < -0.39 is 0 Å². The molecule has 0 radical (unpaired) electrons. The van der Waals surface area contributed by atoms with Gasteiger partial charge in [0.05, 0.1) is 30.2 Å². The van der Waals surface area contributed by atoms with Gasteiger partial charge in [-0.25, -0.2) is 14.5 Å². The number of ether oxygens (including phenoxy) is 1. The molecule has 2 N–H and O–H groups in total. The van der Waals surface area contributed by atoms with Crippen molar-refractivity contribution < 1.29 is 19.1 Å². The average Bonchev–Trinajstić information content (AvgIpc) is 4.05. The van der Waals surface area contributed by atoms with Crippen molar-refractivity contribution in [1.82, 2.24) is 29.4 Å². The van der Waals surface area contributed by atoms with Gasteiger partial charge in [-0.3, -0.25) is 14.4 Å². The van der Waals surface area contributed by atoms with Crippen molar-refractivity contribution in [1.29, 1.82) is 0 Å². The molecule has 3 aliphatic rings. The van der Waals surface area contributed by atoms with E-state index in [4.69, 9.17) is 4.74 Å². The van der Waals surface area contributed by atoms with Crippen LogP contribution in [0.1, 0.15) is 64.7 Å². The number of fused-ring (bicyclic) bond motifs is 3. The van der Waals surface area contributed by atoms with Gasteiger partial charge in [0, 0.05) is 61.6 Å². The number of anilines is 3. The minimum absolute atomic E-state index is 0.0234. The number of benzene rings is 2. The molecule has 0 bridgehead atoms. The molecule has 2 fully saturated rings. The van der Waals surface area contributed by atoms with Crippen LogP contribution in [0, 0.1) is 5.92 Å². The number of amides is 3. The molecule has 12 nitrogen and oxygen atoms in total. The van der Waals surface area contributed by atoms with Gasteiger partial charge in [-0.2, -0.15) is 0 Å². The van der Waals surface area contributed by atoms with E-state index in [9.17, 15) is 14.4 Å². The van der Waals surface area contributed by atoms with E-state index >= 15 is 0 Å². The van der Waals surface area contributed by atoms with Crippen LogP contribution in [0.15, 0.2) is 73.1 Å². The normalized spacial score (nSPS) is 15.9. The monoisotopic (exact) mass is 670 g/mol. The first-order valence-corrected chi connectivity index (χ1v) is 17.0. The summed E-state index contributed by atoms with van der Waals surface area (Å²) in [5.41, 5.74) is 6.57. The van der Waals surface area contributed by atoms with Gasteiger partial charge in [0.25, 0.3) is 11.8 Å². The fraction of sp³-hybridized carbons (Fsp3) is 0.316. The van der Waals surface area contributed by atoms with Crippen LogP contribution >= 0.6 is 0 Å². The molecule has 0 unspecified atom stereocenters. The number of imidazole rings is 1. The van der Waals surface area contributed by atoms with Crippen molar-refractivity contribution in [3.05, 3.63) is 95.6 Å². The summed E-state index contributed by atoms with van der Waals surface area (Å²) in [6.45, 7) is 3.33. The summed E-state index contributed by atoms with van der Waals surface area (Å²) in [5.74, 6) is 0.930. The summed E-state index contributed by atoms with van der Waals surface area (Å²) in [4.78, 5) is 51.4. The number of rotatable bonds is 10. The lowest BCUT2D eigenvalue weighted by molar-refractivity contribution is -0.117. The van der Waals surface area contributed by atoms with Gasteiger partial charge >= 0.3 is 0 Å². The first-order valence-electron chi connectivity index (χ1n) is 17.0. The molecule has 12 heteroatoms. The molecule has 2 aliphatic carbocycles. The molecule has 0 saturated heterocycles. The smallest absolute Gasteiger partial charge is 0.271 e. The third kappa shape index (κ3) is 5.80. The van der Waals surface area contributed by atoms with Crippen molar-refractivity contribution in [3.63, 3.8) is 0 Å². The van der Waals surface area contributed by atoms with Gasteiger partial charge in [-0.1, -0.05) is 24.3 Å². The van der Waals surface area contributed by atoms with Gasteiger partial charge in [0.2, 0.25) is 5.91 Å². The molecule has 3 amide bonds. The van der Waals surface area contributed by atoms with Crippen LogP contribution in [0.5, 0.6) is 5.75 Å². The van der Waals surface area contributed by atoms with Crippen LogP contribution in [0.4, 0.5) is 17.2 Å². The summed E-state index contributed by atoms with van der Waals surface area (Å²) < 4.78 is 7.94. The quantitative estimate of drug-likeness (QED) is 0.194. The number of hydrogen-bond donors (Lipinski definition) is 2. The Hall–Kier alpha value is -5.78. The number of nitrogens with one attached hydrogen (secondary N) is 2. The van der Waals surface area contributed by atoms with E-state index in [-0.39, 0.29) is 29.1 Å². The Bertz CT molecular complexity index is 2170. The lowest BCUT2D eigenvalue weighted by Crippen LogP contribution is -2.43. The highest BCUT2D eigenvalue weighted by molar-refractivity contribution is 5.99. The molecule has 8 rings (SSSR count). The zero-order valence-electron chi connectivity index (χ0n) is 28.3. The van der Waals surface area contributed by atoms with Crippen molar-refractivity contribution in [3.8, 4) is 16.9 Å². The second-order valence-corrected chi connectivity index (χ2v) is 13.6. The Balaban J connectivity index is 1.10. The fourth-order valence-corrected chi connectivity index (χ4v) is 6.80. The third-order valence-corrected chi connectivity index (χ3v) is 9.68. The highest BCUT2D eigenvalue weighted by atomic mass is 16.5. The lowest BCUT2D eigenvalue weighted by Gasteiger charge is -2.35. The number of carbonyl (C=O) groups excluding carboxylic acids is 3. The number of nitrogens with zero attached hydrogens (tertiary/aromatic N) is 6.